The van der Waals surface area contributed by atoms with Crippen molar-refractivity contribution in [3.05, 3.63) is 30.3 Å². The van der Waals surface area contributed by atoms with Crippen LogP contribution in [0, 0.1) is 12.0 Å². The first-order valence-electron chi connectivity index (χ1n) is 3.87. The average Bonchev–Trinajstić information content (AvgIpc) is 2.25. The molecule has 0 amide bonds. The van der Waals surface area contributed by atoms with Gasteiger partial charge >= 0.3 is 5.97 Å². The summed E-state index contributed by atoms with van der Waals surface area (Å²) in [4.78, 5) is 10.5. The summed E-state index contributed by atoms with van der Waals surface area (Å²) in [7, 11) is 1.26. The number of benzene rings is 1. The van der Waals surface area contributed by atoms with Crippen LogP contribution < -0.4 is 0 Å². The molecular weight excluding hydrogens is 180 g/mol. The van der Waals surface area contributed by atoms with Crippen LogP contribution in [0.5, 0.6) is 0 Å². The number of rotatable bonds is 1. The van der Waals surface area contributed by atoms with Gasteiger partial charge in [0.05, 0.1) is 18.8 Å². The van der Waals surface area contributed by atoms with Gasteiger partial charge in [-0.1, -0.05) is 23.3 Å². The molecule has 0 aromatic heterocycles. The van der Waals surface area contributed by atoms with Gasteiger partial charge in [-0.25, -0.2) is 4.79 Å². The predicted molar refractivity (Wildman–Crippen MR) is 50.8 cm³/mol. The summed E-state index contributed by atoms with van der Waals surface area (Å²) in [5.41, 5.74) is 0.687. The van der Waals surface area contributed by atoms with Crippen LogP contribution in [0.15, 0.2) is 40.6 Å². The molecule has 70 valence electrons. The van der Waals surface area contributed by atoms with E-state index in [1.165, 1.54) is 7.11 Å². The van der Waals surface area contributed by atoms with E-state index in [4.69, 9.17) is 0 Å². The van der Waals surface area contributed by atoms with Gasteiger partial charge in [0.2, 0.25) is 0 Å². The van der Waals surface area contributed by atoms with Crippen molar-refractivity contribution in [2.75, 3.05) is 7.11 Å². The van der Waals surface area contributed by atoms with Gasteiger partial charge in [0.25, 0.3) is 0 Å². The monoisotopic (exact) mass is 188 g/mol. The van der Waals surface area contributed by atoms with Crippen molar-refractivity contribution in [2.45, 2.75) is 0 Å². The SMILES string of the molecule is COC(=O)C#CN=Nc1ccccc1. The van der Waals surface area contributed by atoms with E-state index < -0.39 is 5.97 Å². The number of esters is 1. The Labute approximate surface area is 81.6 Å². The van der Waals surface area contributed by atoms with Crippen molar-refractivity contribution >= 4 is 11.7 Å². The molecule has 14 heavy (non-hydrogen) atoms. The molecule has 1 aromatic carbocycles. The molecule has 0 aliphatic rings. The summed E-state index contributed by atoms with van der Waals surface area (Å²) in [6, 6.07) is 11.3. The van der Waals surface area contributed by atoms with E-state index in [9.17, 15) is 4.79 Å². The Morgan fingerprint density at radius 1 is 1.36 bits per heavy atom. The summed E-state index contributed by atoms with van der Waals surface area (Å²) in [6.45, 7) is 0. The zero-order chi connectivity index (χ0) is 10.2. The second-order valence-electron chi connectivity index (χ2n) is 2.26. The Balaban J connectivity index is 2.56. The Morgan fingerprint density at radius 3 is 2.71 bits per heavy atom. The molecule has 0 atom stereocenters. The number of carbonyl (C=O) groups is 1. The number of hydrogen-bond donors (Lipinski definition) is 0. The Hall–Kier alpha value is -2.15. The highest BCUT2D eigenvalue weighted by Gasteiger charge is 1.87. The van der Waals surface area contributed by atoms with Crippen molar-refractivity contribution in [1.29, 1.82) is 0 Å². The third-order valence-electron chi connectivity index (χ3n) is 1.32. The quantitative estimate of drug-likeness (QED) is 0.384. The molecule has 0 unspecified atom stereocenters. The predicted octanol–water partition coefficient (Wildman–Crippen LogP) is 1.90. The van der Waals surface area contributed by atoms with Gasteiger partial charge in [-0.15, -0.1) is 5.11 Å². The van der Waals surface area contributed by atoms with Crippen molar-refractivity contribution < 1.29 is 9.53 Å². The summed E-state index contributed by atoms with van der Waals surface area (Å²) in [5.74, 6) is 1.50. The maximum Gasteiger partial charge on any atom is 0.386 e. The van der Waals surface area contributed by atoms with Crippen molar-refractivity contribution in [1.82, 2.24) is 0 Å². The van der Waals surface area contributed by atoms with Crippen LogP contribution in [0.4, 0.5) is 5.69 Å². The lowest BCUT2D eigenvalue weighted by Crippen LogP contribution is -1.93. The van der Waals surface area contributed by atoms with Crippen LogP contribution >= 0.6 is 0 Å². The first-order chi connectivity index (χ1) is 6.83. The van der Waals surface area contributed by atoms with Gasteiger partial charge in [0.1, 0.15) is 0 Å². The van der Waals surface area contributed by atoms with Crippen LogP contribution in [-0.2, 0) is 9.53 Å². The standard InChI is InChI=1S/C10H8N2O2/c1-14-10(13)7-8-11-12-9-5-3-2-4-6-9/h2-6H,1H3. The van der Waals surface area contributed by atoms with E-state index >= 15 is 0 Å². The summed E-state index contributed by atoms with van der Waals surface area (Å²) < 4.78 is 4.29. The van der Waals surface area contributed by atoms with E-state index in [1.807, 2.05) is 18.2 Å². The Morgan fingerprint density at radius 2 is 2.07 bits per heavy atom. The molecule has 0 radical (unpaired) electrons. The molecule has 0 saturated carbocycles. The van der Waals surface area contributed by atoms with Crippen LogP contribution in [0.25, 0.3) is 0 Å². The Bertz CT molecular complexity index is 388. The van der Waals surface area contributed by atoms with Crippen LogP contribution in [-0.4, -0.2) is 13.1 Å². The van der Waals surface area contributed by atoms with Gasteiger partial charge in [0.15, 0.2) is 0 Å². The van der Waals surface area contributed by atoms with Gasteiger partial charge < -0.3 is 4.74 Å². The molecule has 0 fully saturated rings. The lowest BCUT2D eigenvalue weighted by Gasteiger charge is -1.85. The second-order valence-corrected chi connectivity index (χ2v) is 2.26. The zero-order valence-electron chi connectivity index (χ0n) is 7.60. The molecule has 0 spiro atoms. The van der Waals surface area contributed by atoms with Gasteiger partial charge in [-0.05, 0) is 12.1 Å². The summed E-state index contributed by atoms with van der Waals surface area (Å²) >= 11 is 0. The highest BCUT2D eigenvalue weighted by Crippen LogP contribution is 2.09. The maximum atomic E-state index is 10.5. The van der Waals surface area contributed by atoms with E-state index in [0.29, 0.717) is 5.69 Å². The highest BCUT2D eigenvalue weighted by atomic mass is 16.5. The molecule has 0 heterocycles. The minimum absolute atomic E-state index is 0.628. The van der Waals surface area contributed by atoms with Gasteiger partial charge in [0, 0.05) is 5.92 Å². The molecule has 4 heteroatoms. The van der Waals surface area contributed by atoms with Gasteiger partial charge in [-0.3, -0.25) is 0 Å². The van der Waals surface area contributed by atoms with Crippen LogP contribution in [0.1, 0.15) is 0 Å². The fraction of sp³-hybridized carbons (Fsp3) is 0.100. The average molecular weight is 188 g/mol. The first-order valence-corrected chi connectivity index (χ1v) is 3.87. The van der Waals surface area contributed by atoms with Crippen molar-refractivity contribution in [2.24, 2.45) is 10.2 Å². The number of azo groups is 1. The van der Waals surface area contributed by atoms with E-state index in [0.717, 1.165) is 0 Å². The van der Waals surface area contributed by atoms with E-state index in [1.54, 1.807) is 12.1 Å². The lowest BCUT2D eigenvalue weighted by atomic mass is 10.3. The minimum Gasteiger partial charge on any atom is -0.459 e. The number of nitrogens with zero attached hydrogens (tertiary/aromatic N) is 2. The number of hydrogen-bond acceptors (Lipinski definition) is 4. The molecule has 1 rings (SSSR count). The molecule has 1 aromatic rings. The second kappa shape index (κ2) is 5.49. The molecule has 0 saturated heterocycles. The van der Waals surface area contributed by atoms with Crippen LogP contribution in [0.2, 0.25) is 0 Å². The smallest absolute Gasteiger partial charge is 0.386 e. The molecule has 0 aliphatic heterocycles. The third kappa shape index (κ3) is 3.50. The van der Waals surface area contributed by atoms with Crippen LogP contribution in [0.3, 0.4) is 0 Å². The first kappa shape index (κ1) is 9.93. The normalized spacial score (nSPS) is 9.21. The fourth-order valence-electron chi connectivity index (χ4n) is 0.699. The summed E-state index contributed by atoms with van der Waals surface area (Å²) in [5, 5.41) is 7.25. The molecule has 0 N–H and O–H groups in total. The fourth-order valence-corrected chi connectivity index (χ4v) is 0.699. The lowest BCUT2D eigenvalue weighted by molar-refractivity contribution is -0.133. The third-order valence-corrected chi connectivity index (χ3v) is 1.32. The molecule has 4 nitrogen and oxygen atoms in total. The minimum atomic E-state index is -0.628. The largest absolute Gasteiger partial charge is 0.459 e. The zero-order valence-corrected chi connectivity index (χ0v) is 7.60. The summed E-state index contributed by atoms with van der Waals surface area (Å²) in [6.07, 6.45) is 0. The van der Waals surface area contributed by atoms with E-state index in [-0.39, 0.29) is 0 Å². The van der Waals surface area contributed by atoms with E-state index in [2.05, 4.69) is 26.9 Å². The van der Waals surface area contributed by atoms with Crippen molar-refractivity contribution in [3.8, 4) is 12.0 Å². The number of carbonyl (C=O) groups excluding carboxylic acids is 1. The number of methoxy groups -OCH3 is 1. The maximum absolute atomic E-state index is 10.5. The Kier molecular flexibility index (Phi) is 3.89. The molecular formula is C10H8N2O2. The van der Waals surface area contributed by atoms with Gasteiger partial charge in [-0.2, -0.15) is 0 Å². The molecule has 0 aliphatic carbocycles. The number of ether oxygens (including phenoxy) is 1. The van der Waals surface area contributed by atoms with Crippen molar-refractivity contribution in [3.63, 3.8) is 0 Å². The molecule has 0 bridgehead atoms. The highest BCUT2D eigenvalue weighted by molar-refractivity contribution is 5.88. The topological polar surface area (TPSA) is 51.0 Å².